The van der Waals surface area contributed by atoms with Gasteiger partial charge in [0, 0.05) is 29.9 Å². The SMILES string of the molecule is CCCc1c(CNC)cnn1-c1cc(F)c(F)cc1F. The monoisotopic (exact) mass is 283 g/mol. The molecule has 6 heteroatoms. The van der Waals surface area contributed by atoms with Crippen molar-refractivity contribution in [1.29, 1.82) is 0 Å². The Balaban J connectivity index is 2.54. The van der Waals surface area contributed by atoms with Crippen LogP contribution in [0.25, 0.3) is 5.69 Å². The third-order valence-corrected chi connectivity index (χ3v) is 3.03. The number of nitrogens with zero attached hydrogens (tertiary/aromatic N) is 2. The third-order valence-electron chi connectivity index (χ3n) is 3.03. The van der Waals surface area contributed by atoms with Crippen LogP contribution < -0.4 is 5.32 Å². The maximum absolute atomic E-state index is 13.8. The van der Waals surface area contributed by atoms with Crippen LogP contribution in [-0.2, 0) is 13.0 Å². The lowest BCUT2D eigenvalue weighted by Crippen LogP contribution is -2.10. The molecule has 0 bridgehead atoms. The molecule has 2 aromatic rings. The Bertz CT molecular complexity index is 608. The molecule has 1 N–H and O–H groups in total. The van der Waals surface area contributed by atoms with Gasteiger partial charge >= 0.3 is 0 Å². The Hall–Kier alpha value is -1.82. The van der Waals surface area contributed by atoms with Crippen molar-refractivity contribution in [2.24, 2.45) is 0 Å². The van der Waals surface area contributed by atoms with E-state index in [1.165, 1.54) is 4.68 Å². The van der Waals surface area contributed by atoms with E-state index >= 15 is 0 Å². The van der Waals surface area contributed by atoms with Gasteiger partial charge in [-0.25, -0.2) is 17.9 Å². The molecule has 108 valence electrons. The molecule has 0 aliphatic heterocycles. The molecule has 0 aliphatic carbocycles. The first kappa shape index (κ1) is 14.6. The standard InChI is InChI=1S/C14H16F3N3/c1-3-4-13-9(7-18-2)8-19-20(13)14-6-11(16)10(15)5-12(14)17/h5-6,8,18H,3-4,7H2,1-2H3. The summed E-state index contributed by atoms with van der Waals surface area (Å²) in [5, 5.41) is 7.10. The third kappa shape index (κ3) is 2.70. The molecule has 20 heavy (non-hydrogen) atoms. The lowest BCUT2D eigenvalue weighted by Gasteiger charge is -2.10. The zero-order valence-corrected chi connectivity index (χ0v) is 11.4. The lowest BCUT2D eigenvalue weighted by molar-refractivity contribution is 0.490. The largest absolute Gasteiger partial charge is 0.316 e. The zero-order chi connectivity index (χ0) is 14.7. The Labute approximate surface area is 115 Å². The lowest BCUT2D eigenvalue weighted by atomic mass is 10.1. The highest BCUT2D eigenvalue weighted by Crippen LogP contribution is 2.21. The predicted octanol–water partition coefficient (Wildman–Crippen LogP) is 2.96. The predicted molar refractivity (Wildman–Crippen MR) is 70.2 cm³/mol. The summed E-state index contributed by atoms with van der Waals surface area (Å²) in [5.41, 5.74) is 1.64. The second kappa shape index (κ2) is 6.09. The average molecular weight is 283 g/mol. The number of halogens is 3. The van der Waals surface area contributed by atoms with Crippen molar-refractivity contribution in [3.63, 3.8) is 0 Å². The van der Waals surface area contributed by atoms with Gasteiger partial charge in [-0.15, -0.1) is 0 Å². The van der Waals surface area contributed by atoms with Crippen molar-refractivity contribution in [2.45, 2.75) is 26.3 Å². The van der Waals surface area contributed by atoms with Gasteiger partial charge in [0.05, 0.1) is 6.20 Å². The van der Waals surface area contributed by atoms with Crippen LogP contribution in [-0.4, -0.2) is 16.8 Å². The fourth-order valence-electron chi connectivity index (χ4n) is 2.13. The fraction of sp³-hybridized carbons (Fsp3) is 0.357. The number of hydrogen-bond donors (Lipinski definition) is 1. The molecule has 0 saturated carbocycles. The molecule has 0 spiro atoms. The van der Waals surface area contributed by atoms with Crippen molar-refractivity contribution < 1.29 is 13.2 Å². The van der Waals surface area contributed by atoms with Crippen LogP contribution in [0.15, 0.2) is 18.3 Å². The summed E-state index contributed by atoms with van der Waals surface area (Å²) in [6, 6.07) is 1.37. The minimum absolute atomic E-state index is 0.0743. The van der Waals surface area contributed by atoms with Crippen molar-refractivity contribution in [3.05, 3.63) is 47.0 Å². The van der Waals surface area contributed by atoms with Crippen molar-refractivity contribution in [2.75, 3.05) is 7.05 Å². The molecule has 0 saturated heterocycles. The van der Waals surface area contributed by atoms with Crippen LogP contribution in [0.4, 0.5) is 13.2 Å². The highest BCUT2D eigenvalue weighted by molar-refractivity contribution is 5.37. The van der Waals surface area contributed by atoms with Gasteiger partial charge in [-0.1, -0.05) is 13.3 Å². The number of rotatable bonds is 5. The fourth-order valence-corrected chi connectivity index (χ4v) is 2.13. The first-order valence-electron chi connectivity index (χ1n) is 6.43. The summed E-state index contributed by atoms with van der Waals surface area (Å²) in [4.78, 5) is 0. The maximum Gasteiger partial charge on any atom is 0.161 e. The molecule has 1 heterocycles. The number of aromatic nitrogens is 2. The molecule has 1 aromatic heterocycles. The minimum atomic E-state index is -1.20. The number of nitrogens with one attached hydrogen (secondary N) is 1. The van der Waals surface area contributed by atoms with Crippen molar-refractivity contribution in [1.82, 2.24) is 15.1 Å². The van der Waals surface area contributed by atoms with Crippen molar-refractivity contribution in [3.8, 4) is 5.69 Å². The first-order valence-corrected chi connectivity index (χ1v) is 6.43. The summed E-state index contributed by atoms with van der Waals surface area (Å²) in [5.74, 6) is -3.12. The Morgan fingerprint density at radius 2 is 1.85 bits per heavy atom. The molecule has 0 fully saturated rings. The molecule has 0 unspecified atom stereocenters. The van der Waals surface area contributed by atoms with Gasteiger partial charge < -0.3 is 5.32 Å². The quantitative estimate of drug-likeness (QED) is 0.855. The van der Waals surface area contributed by atoms with E-state index in [0.29, 0.717) is 19.0 Å². The molecule has 0 aliphatic rings. The van der Waals surface area contributed by atoms with Gasteiger partial charge in [0.2, 0.25) is 0 Å². The van der Waals surface area contributed by atoms with Gasteiger partial charge in [-0.3, -0.25) is 0 Å². The minimum Gasteiger partial charge on any atom is -0.316 e. The topological polar surface area (TPSA) is 29.9 Å². The maximum atomic E-state index is 13.8. The molecular weight excluding hydrogens is 267 g/mol. The van der Waals surface area contributed by atoms with E-state index < -0.39 is 17.5 Å². The number of hydrogen-bond acceptors (Lipinski definition) is 2. The van der Waals surface area contributed by atoms with Crippen LogP contribution >= 0.6 is 0 Å². The summed E-state index contributed by atoms with van der Waals surface area (Å²) < 4.78 is 41.5. The van der Waals surface area contributed by atoms with E-state index in [1.54, 1.807) is 13.2 Å². The van der Waals surface area contributed by atoms with Gasteiger partial charge in [-0.2, -0.15) is 5.10 Å². The summed E-state index contributed by atoms with van der Waals surface area (Å²) in [7, 11) is 1.80. The number of benzene rings is 1. The molecule has 0 amide bonds. The highest BCUT2D eigenvalue weighted by Gasteiger charge is 2.17. The molecule has 3 nitrogen and oxygen atoms in total. The Morgan fingerprint density at radius 1 is 1.15 bits per heavy atom. The van der Waals surface area contributed by atoms with Crippen LogP contribution in [0.1, 0.15) is 24.6 Å². The zero-order valence-electron chi connectivity index (χ0n) is 11.4. The molecule has 1 aromatic carbocycles. The summed E-state index contributed by atoms with van der Waals surface area (Å²) in [6.07, 6.45) is 3.13. The van der Waals surface area contributed by atoms with Crippen LogP contribution in [0, 0.1) is 17.5 Å². The Kier molecular flexibility index (Phi) is 4.44. The molecule has 0 radical (unpaired) electrons. The van der Waals surface area contributed by atoms with Crippen LogP contribution in [0.5, 0.6) is 0 Å². The van der Waals surface area contributed by atoms with Crippen molar-refractivity contribution >= 4 is 0 Å². The molecule has 2 rings (SSSR count). The van der Waals surface area contributed by atoms with Crippen LogP contribution in [0.2, 0.25) is 0 Å². The highest BCUT2D eigenvalue weighted by atomic mass is 19.2. The van der Waals surface area contributed by atoms with Crippen LogP contribution in [0.3, 0.4) is 0 Å². The van der Waals surface area contributed by atoms with Gasteiger partial charge in [-0.05, 0) is 13.5 Å². The average Bonchev–Trinajstić information content (AvgIpc) is 2.78. The van der Waals surface area contributed by atoms with E-state index in [0.717, 1.165) is 23.7 Å². The normalized spacial score (nSPS) is 11.1. The molecular formula is C14H16F3N3. The molecule has 0 atom stereocenters. The summed E-state index contributed by atoms with van der Waals surface area (Å²) in [6.45, 7) is 2.57. The smallest absolute Gasteiger partial charge is 0.161 e. The van der Waals surface area contributed by atoms with Gasteiger partial charge in [0.15, 0.2) is 17.5 Å². The van der Waals surface area contributed by atoms with E-state index in [-0.39, 0.29) is 5.69 Å². The van der Waals surface area contributed by atoms with E-state index in [1.807, 2.05) is 6.92 Å². The van der Waals surface area contributed by atoms with E-state index in [2.05, 4.69) is 10.4 Å². The van der Waals surface area contributed by atoms with E-state index in [4.69, 9.17) is 0 Å². The van der Waals surface area contributed by atoms with E-state index in [9.17, 15) is 13.2 Å². The second-order valence-electron chi connectivity index (χ2n) is 4.53. The Morgan fingerprint density at radius 3 is 2.50 bits per heavy atom. The van der Waals surface area contributed by atoms with Gasteiger partial charge in [0.1, 0.15) is 5.69 Å². The van der Waals surface area contributed by atoms with Gasteiger partial charge in [0.25, 0.3) is 0 Å². The summed E-state index contributed by atoms with van der Waals surface area (Å²) >= 11 is 0. The second-order valence-corrected chi connectivity index (χ2v) is 4.53. The first-order chi connectivity index (χ1) is 9.58.